The van der Waals surface area contributed by atoms with Crippen LogP contribution in [0.1, 0.15) is 16.8 Å². The Labute approximate surface area is 109 Å². The van der Waals surface area contributed by atoms with Crippen LogP contribution in [0.4, 0.5) is 5.00 Å². The van der Waals surface area contributed by atoms with E-state index in [1.54, 1.807) is 16.3 Å². The van der Waals surface area contributed by atoms with E-state index in [1.807, 2.05) is 0 Å². The van der Waals surface area contributed by atoms with E-state index in [1.165, 1.54) is 18.4 Å². The Balaban J connectivity index is 2.26. The number of thiol groups is 1. The van der Waals surface area contributed by atoms with Crippen molar-refractivity contribution >= 4 is 40.8 Å². The predicted octanol–water partition coefficient (Wildman–Crippen LogP) is 1.82. The largest absolute Gasteiger partial charge is 0.465 e. The van der Waals surface area contributed by atoms with Gasteiger partial charge in [-0.05, 0) is 23.1 Å². The monoisotopic (exact) mass is 271 g/mol. The third-order valence-corrected chi connectivity index (χ3v) is 4.21. The smallest absolute Gasteiger partial charge is 0.340 e. The number of esters is 1. The first-order chi connectivity index (χ1) is 8.17. The van der Waals surface area contributed by atoms with Crippen LogP contribution in [-0.4, -0.2) is 31.3 Å². The highest BCUT2D eigenvalue weighted by atomic mass is 32.1. The number of amides is 1. The lowest BCUT2D eigenvalue weighted by atomic mass is 10.1. The summed E-state index contributed by atoms with van der Waals surface area (Å²) in [6.07, 6.45) is 0.502. The van der Waals surface area contributed by atoms with Gasteiger partial charge in [-0.2, -0.15) is 12.6 Å². The molecule has 1 fully saturated rings. The molecule has 1 amide bonds. The maximum atomic E-state index is 11.9. The first-order valence-electron chi connectivity index (χ1n) is 5.24. The van der Waals surface area contributed by atoms with Crippen LogP contribution in [-0.2, 0) is 9.53 Å². The fourth-order valence-corrected chi connectivity index (χ4v) is 3.04. The SMILES string of the molecule is COC(=O)c1ccsc1N1CC(CS)CC1=O. The number of carbonyl (C=O) groups excluding carboxylic acids is 2. The van der Waals surface area contributed by atoms with Crippen LogP contribution in [0.5, 0.6) is 0 Å². The summed E-state index contributed by atoms with van der Waals surface area (Å²) < 4.78 is 4.70. The minimum Gasteiger partial charge on any atom is -0.465 e. The van der Waals surface area contributed by atoms with E-state index in [4.69, 9.17) is 4.74 Å². The van der Waals surface area contributed by atoms with Crippen molar-refractivity contribution in [2.24, 2.45) is 5.92 Å². The number of methoxy groups -OCH3 is 1. The van der Waals surface area contributed by atoms with Crippen LogP contribution in [0.25, 0.3) is 0 Å². The number of rotatable bonds is 3. The maximum Gasteiger partial charge on any atom is 0.340 e. The number of hydrogen-bond acceptors (Lipinski definition) is 5. The molecule has 17 heavy (non-hydrogen) atoms. The van der Waals surface area contributed by atoms with Gasteiger partial charge in [-0.15, -0.1) is 11.3 Å². The molecule has 2 heterocycles. The highest BCUT2D eigenvalue weighted by Crippen LogP contribution is 2.33. The van der Waals surface area contributed by atoms with Crippen LogP contribution in [0.3, 0.4) is 0 Å². The van der Waals surface area contributed by atoms with E-state index in [0.29, 0.717) is 29.3 Å². The molecule has 1 aromatic heterocycles. The molecule has 0 N–H and O–H groups in total. The molecule has 6 heteroatoms. The standard InChI is InChI=1S/C11H13NO3S2/c1-15-11(14)8-2-3-17-10(8)12-5-7(6-16)4-9(12)13/h2-3,7,16H,4-6H2,1H3. The summed E-state index contributed by atoms with van der Waals surface area (Å²) in [5.41, 5.74) is 0.464. The average molecular weight is 271 g/mol. The van der Waals surface area contributed by atoms with Gasteiger partial charge >= 0.3 is 5.97 Å². The average Bonchev–Trinajstić information content (AvgIpc) is 2.93. The number of thiophene rings is 1. The highest BCUT2D eigenvalue weighted by molar-refractivity contribution is 7.80. The molecule has 4 nitrogen and oxygen atoms in total. The molecule has 1 aromatic rings. The zero-order valence-corrected chi connectivity index (χ0v) is 11.1. The van der Waals surface area contributed by atoms with Crippen LogP contribution in [0, 0.1) is 5.92 Å². The second-order valence-electron chi connectivity index (χ2n) is 3.89. The third-order valence-electron chi connectivity index (χ3n) is 2.76. The molecule has 0 radical (unpaired) electrons. The molecular formula is C11H13NO3S2. The Morgan fingerprint density at radius 3 is 3.06 bits per heavy atom. The van der Waals surface area contributed by atoms with Crippen molar-refractivity contribution in [3.8, 4) is 0 Å². The van der Waals surface area contributed by atoms with E-state index >= 15 is 0 Å². The third kappa shape index (κ3) is 2.32. The maximum absolute atomic E-state index is 11.9. The molecule has 92 valence electrons. The topological polar surface area (TPSA) is 46.6 Å². The van der Waals surface area contributed by atoms with Crippen LogP contribution < -0.4 is 4.90 Å². The van der Waals surface area contributed by atoms with Gasteiger partial charge in [0.15, 0.2) is 0 Å². The lowest BCUT2D eigenvalue weighted by Gasteiger charge is -2.15. The van der Waals surface area contributed by atoms with Gasteiger partial charge in [-0.3, -0.25) is 4.79 Å². The number of ether oxygens (including phenoxy) is 1. The van der Waals surface area contributed by atoms with Gasteiger partial charge in [-0.25, -0.2) is 4.79 Å². The van der Waals surface area contributed by atoms with E-state index < -0.39 is 5.97 Å². The zero-order valence-electron chi connectivity index (χ0n) is 9.38. The van der Waals surface area contributed by atoms with Gasteiger partial charge in [0.2, 0.25) is 5.91 Å². The van der Waals surface area contributed by atoms with Gasteiger partial charge in [0.05, 0.1) is 12.7 Å². The minimum absolute atomic E-state index is 0.0525. The summed E-state index contributed by atoms with van der Waals surface area (Å²) in [7, 11) is 1.34. The number of anilines is 1. The Bertz CT molecular complexity index is 444. The van der Waals surface area contributed by atoms with Crippen LogP contribution in [0.15, 0.2) is 11.4 Å². The summed E-state index contributed by atoms with van der Waals surface area (Å²) in [4.78, 5) is 25.1. The molecule has 0 spiro atoms. The normalized spacial score (nSPS) is 19.8. The van der Waals surface area contributed by atoms with Crippen molar-refractivity contribution in [1.82, 2.24) is 0 Å². The molecule has 0 aromatic carbocycles. The molecule has 0 aliphatic carbocycles. The molecule has 0 bridgehead atoms. The van der Waals surface area contributed by atoms with Gasteiger partial charge in [-0.1, -0.05) is 0 Å². The van der Waals surface area contributed by atoms with E-state index in [2.05, 4.69) is 12.6 Å². The summed E-state index contributed by atoms with van der Waals surface area (Å²) in [6.45, 7) is 0.632. The summed E-state index contributed by atoms with van der Waals surface area (Å²) in [6, 6.07) is 1.69. The minimum atomic E-state index is -0.400. The van der Waals surface area contributed by atoms with Crippen molar-refractivity contribution in [3.05, 3.63) is 17.0 Å². The van der Waals surface area contributed by atoms with Gasteiger partial charge in [0, 0.05) is 13.0 Å². The second kappa shape index (κ2) is 5.10. The predicted molar refractivity (Wildman–Crippen MR) is 70.0 cm³/mol. The van der Waals surface area contributed by atoms with Gasteiger partial charge < -0.3 is 9.64 Å². The van der Waals surface area contributed by atoms with Crippen molar-refractivity contribution in [1.29, 1.82) is 0 Å². The fourth-order valence-electron chi connectivity index (χ4n) is 1.88. The van der Waals surface area contributed by atoms with E-state index in [-0.39, 0.29) is 11.8 Å². The van der Waals surface area contributed by atoms with Crippen molar-refractivity contribution in [2.75, 3.05) is 24.3 Å². The van der Waals surface area contributed by atoms with E-state index in [0.717, 1.165) is 0 Å². The number of nitrogens with zero attached hydrogens (tertiary/aromatic N) is 1. The Morgan fingerprint density at radius 2 is 2.47 bits per heavy atom. The molecule has 1 unspecified atom stereocenters. The Kier molecular flexibility index (Phi) is 3.73. The molecule has 0 saturated carbocycles. The first kappa shape index (κ1) is 12.4. The summed E-state index contributed by atoms with van der Waals surface area (Å²) in [5, 5.41) is 2.48. The first-order valence-corrected chi connectivity index (χ1v) is 6.75. The van der Waals surface area contributed by atoms with Crippen molar-refractivity contribution in [3.63, 3.8) is 0 Å². The molecule has 2 rings (SSSR count). The molecule has 1 aliphatic rings. The van der Waals surface area contributed by atoms with Crippen LogP contribution in [0.2, 0.25) is 0 Å². The molecule has 1 saturated heterocycles. The summed E-state index contributed by atoms with van der Waals surface area (Å²) in [5.74, 6) is 0.597. The molecule has 1 atom stereocenters. The quantitative estimate of drug-likeness (QED) is 0.674. The number of carbonyl (C=O) groups is 2. The van der Waals surface area contributed by atoms with E-state index in [9.17, 15) is 9.59 Å². The molecule has 1 aliphatic heterocycles. The zero-order chi connectivity index (χ0) is 12.4. The van der Waals surface area contributed by atoms with Crippen LogP contribution >= 0.6 is 24.0 Å². The second-order valence-corrected chi connectivity index (χ2v) is 5.15. The van der Waals surface area contributed by atoms with Crippen molar-refractivity contribution in [2.45, 2.75) is 6.42 Å². The Morgan fingerprint density at radius 1 is 1.71 bits per heavy atom. The van der Waals surface area contributed by atoms with Gasteiger partial charge in [0.25, 0.3) is 0 Å². The lowest BCUT2D eigenvalue weighted by molar-refractivity contribution is -0.117. The van der Waals surface area contributed by atoms with Crippen molar-refractivity contribution < 1.29 is 14.3 Å². The highest BCUT2D eigenvalue weighted by Gasteiger charge is 2.32. The molecular weight excluding hydrogens is 258 g/mol. The number of hydrogen-bond donors (Lipinski definition) is 1. The fraction of sp³-hybridized carbons (Fsp3) is 0.455. The summed E-state index contributed by atoms with van der Waals surface area (Å²) >= 11 is 5.60. The van der Waals surface area contributed by atoms with Gasteiger partial charge in [0.1, 0.15) is 5.00 Å². The Hall–Kier alpha value is -1.01. The lowest BCUT2D eigenvalue weighted by Crippen LogP contribution is -2.25.